The number of hydrogen-bond acceptors (Lipinski definition) is 5. The number of aromatic nitrogens is 2. The Morgan fingerprint density at radius 1 is 1.32 bits per heavy atom. The largest absolute Gasteiger partial charge is 0.464 e. The summed E-state index contributed by atoms with van der Waals surface area (Å²) >= 11 is 1.51. The third-order valence-electron chi connectivity index (χ3n) is 4.56. The summed E-state index contributed by atoms with van der Waals surface area (Å²) in [6.45, 7) is 11.9. The van der Waals surface area contributed by atoms with E-state index in [2.05, 4.69) is 32.6 Å². The predicted molar refractivity (Wildman–Crippen MR) is 103 cm³/mol. The van der Waals surface area contributed by atoms with Crippen molar-refractivity contribution in [2.75, 3.05) is 19.6 Å². The Bertz CT molecular complexity index is 889. The summed E-state index contributed by atoms with van der Waals surface area (Å²) in [5.74, 6) is 1.78. The third kappa shape index (κ3) is 3.41. The van der Waals surface area contributed by atoms with Crippen LogP contribution in [0, 0.1) is 0 Å². The smallest absolute Gasteiger partial charge is 0.263 e. The molecule has 0 aliphatic heterocycles. The molecule has 0 atom stereocenters. The molecule has 0 N–H and O–H groups in total. The van der Waals surface area contributed by atoms with Gasteiger partial charge in [0.25, 0.3) is 5.56 Å². The summed E-state index contributed by atoms with van der Waals surface area (Å²) in [5, 5.41) is 2.64. The fraction of sp³-hybridized carbons (Fsp3) is 0.474. The van der Waals surface area contributed by atoms with E-state index in [1.165, 1.54) is 11.3 Å². The molecule has 25 heavy (non-hydrogen) atoms. The van der Waals surface area contributed by atoms with E-state index in [1.807, 2.05) is 22.1 Å². The van der Waals surface area contributed by atoms with Gasteiger partial charge in [-0.2, -0.15) is 0 Å². The highest BCUT2D eigenvalue weighted by Crippen LogP contribution is 2.31. The highest BCUT2D eigenvalue weighted by molar-refractivity contribution is 7.17. The Kier molecular flexibility index (Phi) is 5.39. The van der Waals surface area contributed by atoms with Gasteiger partial charge in [0.05, 0.1) is 11.6 Å². The summed E-state index contributed by atoms with van der Waals surface area (Å²) < 4.78 is 7.37. The highest BCUT2D eigenvalue weighted by Gasteiger charge is 2.19. The molecule has 0 spiro atoms. The van der Waals surface area contributed by atoms with Gasteiger partial charge in [0.2, 0.25) is 0 Å². The van der Waals surface area contributed by atoms with Gasteiger partial charge >= 0.3 is 0 Å². The van der Waals surface area contributed by atoms with Gasteiger partial charge in [0.15, 0.2) is 0 Å². The van der Waals surface area contributed by atoms with Crippen LogP contribution in [0.2, 0.25) is 0 Å². The van der Waals surface area contributed by atoms with Crippen molar-refractivity contribution in [2.45, 2.75) is 40.2 Å². The first-order valence-corrected chi connectivity index (χ1v) is 9.72. The first kappa shape index (κ1) is 17.9. The zero-order chi connectivity index (χ0) is 18.0. The molecular formula is C19H25N3O2S. The molecule has 0 radical (unpaired) electrons. The molecule has 3 rings (SSSR count). The second-order valence-electron chi connectivity index (χ2n) is 6.42. The topological polar surface area (TPSA) is 51.3 Å². The number of furan rings is 1. The number of hydrogen-bond donors (Lipinski definition) is 0. The molecule has 0 unspecified atom stereocenters. The van der Waals surface area contributed by atoms with Gasteiger partial charge in [-0.1, -0.05) is 27.7 Å². The lowest BCUT2D eigenvalue weighted by Crippen LogP contribution is -2.33. The number of rotatable bonds is 7. The van der Waals surface area contributed by atoms with E-state index < -0.39 is 0 Å². The molecule has 5 nitrogen and oxygen atoms in total. The van der Waals surface area contributed by atoms with Gasteiger partial charge in [-0.3, -0.25) is 9.36 Å². The maximum absolute atomic E-state index is 13.3. The fourth-order valence-corrected chi connectivity index (χ4v) is 4.02. The van der Waals surface area contributed by atoms with E-state index in [1.54, 1.807) is 6.26 Å². The molecule has 0 fully saturated rings. The molecular weight excluding hydrogens is 334 g/mol. The van der Waals surface area contributed by atoms with E-state index in [0.717, 1.165) is 41.6 Å². The predicted octanol–water partition coefficient (Wildman–Crippen LogP) is 4.18. The van der Waals surface area contributed by atoms with Gasteiger partial charge in [-0.05, 0) is 25.2 Å². The molecule has 0 aromatic carbocycles. The number of fused-ring (bicyclic) bond motifs is 1. The third-order valence-corrected chi connectivity index (χ3v) is 5.43. The van der Waals surface area contributed by atoms with Gasteiger partial charge in [-0.15, -0.1) is 11.3 Å². The van der Waals surface area contributed by atoms with E-state index in [9.17, 15) is 4.79 Å². The molecule has 3 heterocycles. The van der Waals surface area contributed by atoms with Crippen molar-refractivity contribution < 1.29 is 4.42 Å². The Balaban J connectivity index is 2.12. The second-order valence-corrected chi connectivity index (χ2v) is 7.27. The summed E-state index contributed by atoms with van der Waals surface area (Å²) in [7, 11) is 0. The van der Waals surface area contributed by atoms with Crippen molar-refractivity contribution in [1.29, 1.82) is 0 Å². The molecule has 3 aromatic rings. The average molecular weight is 359 g/mol. The van der Waals surface area contributed by atoms with Crippen LogP contribution in [0.4, 0.5) is 0 Å². The Hall–Kier alpha value is -1.92. The number of nitrogens with zero attached hydrogens (tertiary/aromatic N) is 3. The normalized spacial score (nSPS) is 11.9. The van der Waals surface area contributed by atoms with Gasteiger partial charge in [0, 0.05) is 30.0 Å². The first-order valence-electron chi connectivity index (χ1n) is 8.84. The van der Waals surface area contributed by atoms with Crippen molar-refractivity contribution in [3.05, 3.63) is 40.0 Å². The summed E-state index contributed by atoms with van der Waals surface area (Å²) in [6.07, 6.45) is 1.63. The van der Waals surface area contributed by atoms with Gasteiger partial charge < -0.3 is 9.32 Å². The van der Waals surface area contributed by atoms with E-state index in [-0.39, 0.29) is 11.5 Å². The van der Waals surface area contributed by atoms with Crippen molar-refractivity contribution in [1.82, 2.24) is 14.5 Å². The van der Waals surface area contributed by atoms with Gasteiger partial charge in [-0.25, -0.2) is 4.98 Å². The quantitative estimate of drug-likeness (QED) is 0.635. The maximum atomic E-state index is 13.3. The minimum absolute atomic E-state index is 0.0357. The molecule has 0 saturated heterocycles. The first-order chi connectivity index (χ1) is 12.1. The van der Waals surface area contributed by atoms with Crippen LogP contribution in [0.15, 0.2) is 33.0 Å². The molecule has 0 aliphatic carbocycles. The van der Waals surface area contributed by atoms with Crippen LogP contribution in [0.1, 0.15) is 39.4 Å². The van der Waals surface area contributed by atoms with Crippen LogP contribution in [-0.2, 0) is 6.54 Å². The van der Waals surface area contributed by atoms with Crippen LogP contribution in [0.25, 0.3) is 21.5 Å². The summed E-state index contributed by atoms with van der Waals surface area (Å²) in [6, 6.07) is 3.73. The number of thiophene rings is 1. The Morgan fingerprint density at radius 3 is 2.68 bits per heavy atom. The van der Waals surface area contributed by atoms with Crippen LogP contribution in [-0.4, -0.2) is 34.1 Å². The highest BCUT2D eigenvalue weighted by atomic mass is 32.1. The standard InChI is InChI=1S/C19H25N3O2S/c1-5-21(6-2)9-10-22-17(13(3)4)20-18-16(19(22)23)14(12-25-18)15-8-7-11-24-15/h7-8,11-13H,5-6,9-10H2,1-4H3. The number of likely N-dealkylation sites (N-methyl/N-ethyl adjacent to an activating group) is 1. The van der Waals surface area contributed by atoms with Crippen molar-refractivity contribution in [3.8, 4) is 11.3 Å². The second kappa shape index (κ2) is 7.54. The zero-order valence-corrected chi connectivity index (χ0v) is 16.1. The molecule has 0 bridgehead atoms. The van der Waals surface area contributed by atoms with Gasteiger partial charge in [0.1, 0.15) is 16.4 Å². The fourth-order valence-electron chi connectivity index (χ4n) is 3.09. The lowest BCUT2D eigenvalue weighted by molar-refractivity contribution is 0.286. The molecule has 3 aromatic heterocycles. The molecule has 0 amide bonds. The van der Waals surface area contributed by atoms with Crippen molar-refractivity contribution in [3.63, 3.8) is 0 Å². The van der Waals surface area contributed by atoms with E-state index >= 15 is 0 Å². The summed E-state index contributed by atoms with van der Waals surface area (Å²) in [4.78, 5) is 21.2. The Morgan fingerprint density at radius 2 is 2.08 bits per heavy atom. The van der Waals surface area contributed by atoms with Crippen molar-refractivity contribution >= 4 is 21.6 Å². The minimum atomic E-state index is 0.0357. The Labute approximate surface area is 151 Å². The maximum Gasteiger partial charge on any atom is 0.263 e. The SMILES string of the molecule is CCN(CC)CCn1c(C(C)C)nc2scc(-c3ccco3)c2c1=O. The van der Waals surface area contributed by atoms with Crippen molar-refractivity contribution in [2.24, 2.45) is 0 Å². The van der Waals surface area contributed by atoms with Crippen LogP contribution < -0.4 is 5.56 Å². The minimum Gasteiger partial charge on any atom is -0.464 e. The van der Waals surface area contributed by atoms with Crippen LogP contribution in [0.5, 0.6) is 0 Å². The molecule has 6 heteroatoms. The van der Waals surface area contributed by atoms with Crippen LogP contribution >= 0.6 is 11.3 Å². The average Bonchev–Trinajstić information content (AvgIpc) is 3.25. The molecule has 0 saturated carbocycles. The lowest BCUT2D eigenvalue weighted by atomic mass is 10.1. The lowest BCUT2D eigenvalue weighted by Gasteiger charge is -2.21. The van der Waals surface area contributed by atoms with E-state index in [4.69, 9.17) is 9.40 Å². The summed E-state index contributed by atoms with van der Waals surface area (Å²) in [5.41, 5.74) is 0.878. The monoisotopic (exact) mass is 359 g/mol. The zero-order valence-electron chi connectivity index (χ0n) is 15.3. The van der Waals surface area contributed by atoms with Crippen LogP contribution in [0.3, 0.4) is 0 Å². The van der Waals surface area contributed by atoms with E-state index in [0.29, 0.717) is 11.9 Å². The molecule has 134 valence electrons. The molecule has 0 aliphatic rings.